The van der Waals surface area contributed by atoms with Crippen LogP contribution in [0.15, 0.2) is 24.3 Å². The first-order valence-corrected chi connectivity index (χ1v) is 8.29. The van der Waals surface area contributed by atoms with Crippen molar-refractivity contribution in [3.05, 3.63) is 35.4 Å². The molecular formula is C18H27N3O4. The van der Waals surface area contributed by atoms with Gasteiger partial charge >= 0.3 is 0 Å². The summed E-state index contributed by atoms with van der Waals surface area (Å²) in [6.45, 7) is 2.13. The quantitative estimate of drug-likeness (QED) is 0.774. The van der Waals surface area contributed by atoms with Crippen LogP contribution in [0.2, 0.25) is 0 Å². The third-order valence-electron chi connectivity index (χ3n) is 4.14. The van der Waals surface area contributed by atoms with Crippen molar-refractivity contribution in [1.82, 2.24) is 9.80 Å². The van der Waals surface area contributed by atoms with Gasteiger partial charge in [-0.1, -0.05) is 12.1 Å². The Morgan fingerprint density at radius 1 is 1.32 bits per heavy atom. The highest BCUT2D eigenvalue weighted by atomic mass is 16.5. The van der Waals surface area contributed by atoms with Crippen molar-refractivity contribution >= 4 is 11.8 Å². The lowest BCUT2D eigenvalue weighted by atomic mass is 9.97. The van der Waals surface area contributed by atoms with Gasteiger partial charge in [-0.05, 0) is 31.8 Å². The van der Waals surface area contributed by atoms with E-state index in [1.807, 2.05) is 38.4 Å². The zero-order valence-electron chi connectivity index (χ0n) is 15.2. The van der Waals surface area contributed by atoms with Crippen LogP contribution in [0.5, 0.6) is 0 Å². The average molecular weight is 349 g/mol. The molecule has 0 radical (unpaired) electrons. The molecule has 1 atom stereocenters. The Morgan fingerprint density at radius 3 is 2.56 bits per heavy atom. The van der Waals surface area contributed by atoms with Gasteiger partial charge in [0, 0.05) is 25.8 Å². The Hall–Kier alpha value is -1.96. The summed E-state index contributed by atoms with van der Waals surface area (Å²) in [5, 5.41) is 0. The number of ether oxygens (including phenoxy) is 2. The number of methoxy groups -OCH3 is 1. The SMILES string of the molecule is COC[C@@]1(CC(N)=O)CN(C(=O)c2ccc(CN(C)C)cc2)CCO1. The summed E-state index contributed by atoms with van der Waals surface area (Å²) in [4.78, 5) is 28.0. The van der Waals surface area contributed by atoms with E-state index in [-0.39, 0.29) is 25.5 Å². The molecule has 0 bridgehead atoms. The summed E-state index contributed by atoms with van der Waals surface area (Å²) in [6.07, 6.45) is 0.0202. The number of morpholine rings is 1. The molecule has 0 spiro atoms. The third kappa shape index (κ3) is 5.26. The molecule has 1 aromatic carbocycles. The van der Waals surface area contributed by atoms with Crippen LogP contribution in [0.3, 0.4) is 0 Å². The number of carbonyl (C=O) groups is 2. The molecule has 2 N–H and O–H groups in total. The maximum absolute atomic E-state index is 12.8. The summed E-state index contributed by atoms with van der Waals surface area (Å²) < 4.78 is 11.0. The zero-order valence-corrected chi connectivity index (χ0v) is 15.2. The largest absolute Gasteiger partial charge is 0.382 e. The molecule has 1 aliphatic heterocycles. The molecule has 0 aliphatic carbocycles. The Kier molecular flexibility index (Phi) is 6.52. The number of nitrogens with two attached hydrogens (primary N) is 1. The Balaban J connectivity index is 2.11. The molecule has 0 aromatic heterocycles. The van der Waals surface area contributed by atoms with E-state index in [4.69, 9.17) is 15.2 Å². The van der Waals surface area contributed by atoms with Gasteiger partial charge in [0.1, 0.15) is 5.60 Å². The van der Waals surface area contributed by atoms with Crippen LogP contribution in [-0.4, -0.2) is 74.7 Å². The molecule has 7 heteroatoms. The van der Waals surface area contributed by atoms with Gasteiger partial charge in [0.25, 0.3) is 5.91 Å². The summed E-state index contributed by atoms with van der Waals surface area (Å²) in [5.74, 6) is -0.552. The predicted octanol–water partition coefficient (Wildman–Crippen LogP) is 0.481. The van der Waals surface area contributed by atoms with Crippen LogP contribution in [0.4, 0.5) is 0 Å². The van der Waals surface area contributed by atoms with Gasteiger partial charge in [-0.15, -0.1) is 0 Å². The number of hydrogen-bond donors (Lipinski definition) is 1. The Bertz CT molecular complexity index is 599. The number of benzene rings is 1. The monoisotopic (exact) mass is 349 g/mol. The number of rotatable bonds is 7. The van der Waals surface area contributed by atoms with Crippen molar-refractivity contribution in [3.63, 3.8) is 0 Å². The molecule has 1 fully saturated rings. The van der Waals surface area contributed by atoms with E-state index in [0.717, 1.165) is 12.1 Å². The molecule has 2 rings (SSSR count). The van der Waals surface area contributed by atoms with Crippen LogP contribution in [0.1, 0.15) is 22.3 Å². The molecule has 7 nitrogen and oxygen atoms in total. The van der Waals surface area contributed by atoms with E-state index >= 15 is 0 Å². The number of carbonyl (C=O) groups excluding carboxylic acids is 2. The number of nitrogens with zero attached hydrogens (tertiary/aromatic N) is 2. The fraction of sp³-hybridized carbons (Fsp3) is 0.556. The van der Waals surface area contributed by atoms with E-state index in [9.17, 15) is 9.59 Å². The highest BCUT2D eigenvalue weighted by molar-refractivity contribution is 5.94. The summed E-state index contributed by atoms with van der Waals surface area (Å²) >= 11 is 0. The lowest BCUT2D eigenvalue weighted by molar-refractivity contribution is -0.148. The molecule has 0 saturated carbocycles. The molecule has 1 aromatic rings. The average Bonchev–Trinajstić information content (AvgIpc) is 2.54. The van der Waals surface area contributed by atoms with Crippen molar-refractivity contribution in [2.75, 3.05) is 47.5 Å². The van der Waals surface area contributed by atoms with Crippen molar-refractivity contribution in [3.8, 4) is 0 Å². The minimum atomic E-state index is -0.876. The summed E-state index contributed by atoms with van der Waals surface area (Å²) in [6, 6.07) is 7.59. The lowest BCUT2D eigenvalue weighted by Gasteiger charge is -2.41. The minimum Gasteiger partial charge on any atom is -0.382 e. The molecular weight excluding hydrogens is 322 g/mol. The van der Waals surface area contributed by atoms with E-state index in [1.165, 1.54) is 7.11 Å². The van der Waals surface area contributed by atoms with E-state index in [1.54, 1.807) is 4.90 Å². The molecule has 0 unspecified atom stereocenters. The maximum atomic E-state index is 12.8. The van der Waals surface area contributed by atoms with Gasteiger partial charge in [0.2, 0.25) is 5.91 Å². The Morgan fingerprint density at radius 2 is 2.00 bits per heavy atom. The second-order valence-electron chi connectivity index (χ2n) is 6.77. The van der Waals surface area contributed by atoms with E-state index in [2.05, 4.69) is 4.90 Å². The highest BCUT2D eigenvalue weighted by Crippen LogP contribution is 2.24. The minimum absolute atomic E-state index is 0.0202. The second kappa shape index (κ2) is 8.42. The van der Waals surface area contributed by atoms with Crippen LogP contribution in [-0.2, 0) is 20.8 Å². The molecule has 1 aliphatic rings. The standard InChI is InChI=1S/C18H27N3O4/c1-20(2)11-14-4-6-15(7-5-14)17(23)21-8-9-25-18(12-21,13-24-3)10-16(19)22/h4-7H,8-13H2,1-3H3,(H2,19,22)/t18-/m1/s1. The van der Waals surface area contributed by atoms with Crippen molar-refractivity contribution < 1.29 is 19.1 Å². The number of hydrogen-bond acceptors (Lipinski definition) is 5. The molecule has 25 heavy (non-hydrogen) atoms. The van der Waals surface area contributed by atoms with Crippen LogP contribution in [0.25, 0.3) is 0 Å². The fourth-order valence-corrected chi connectivity index (χ4v) is 3.14. The third-order valence-corrected chi connectivity index (χ3v) is 4.14. The second-order valence-corrected chi connectivity index (χ2v) is 6.77. The topological polar surface area (TPSA) is 85.1 Å². The van der Waals surface area contributed by atoms with Gasteiger partial charge in [-0.25, -0.2) is 0 Å². The normalized spacial score (nSPS) is 20.7. The van der Waals surface area contributed by atoms with Crippen molar-refractivity contribution in [1.29, 1.82) is 0 Å². The van der Waals surface area contributed by atoms with Gasteiger partial charge in [0.15, 0.2) is 0 Å². The van der Waals surface area contributed by atoms with Crippen LogP contribution in [0, 0.1) is 0 Å². The molecule has 1 heterocycles. The Labute approximate surface area is 148 Å². The van der Waals surface area contributed by atoms with Crippen LogP contribution < -0.4 is 5.73 Å². The molecule has 1 saturated heterocycles. The zero-order chi connectivity index (χ0) is 18.4. The molecule has 2 amide bonds. The number of primary amides is 1. The van der Waals surface area contributed by atoms with Gasteiger partial charge in [-0.2, -0.15) is 0 Å². The van der Waals surface area contributed by atoms with E-state index < -0.39 is 11.5 Å². The first kappa shape index (κ1) is 19.4. The van der Waals surface area contributed by atoms with E-state index in [0.29, 0.717) is 18.7 Å². The first-order chi connectivity index (χ1) is 11.8. The lowest BCUT2D eigenvalue weighted by Crippen LogP contribution is -2.57. The summed E-state index contributed by atoms with van der Waals surface area (Å²) in [7, 11) is 5.54. The smallest absolute Gasteiger partial charge is 0.254 e. The van der Waals surface area contributed by atoms with Gasteiger partial charge < -0.3 is 25.0 Å². The predicted molar refractivity (Wildman–Crippen MR) is 94.1 cm³/mol. The summed E-state index contributed by atoms with van der Waals surface area (Å²) in [5.41, 5.74) is 6.23. The fourth-order valence-electron chi connectivity index (χ4n) is 3.14. The highest BCUT2D eigenvalue weighted by Gasteiger charge is 2.40. The maximum Gasteiger partial charge on any atom is 0.254 e. The number of amides is 2. The van der Waals surface area contributed by atoms with Crippen LogP contribution >= 0.6 is 0 Å². The van der Waals surface area contributed by atoms with Crippen molar-refractivity contribution in [2.45, 2.75) is 18.6 Å². The van der Waals surface area contributed by atoms with Gasteiger partial charge in [0.05, 0.1) is 26.2 Å². The van der Waals surface area contributed by atoms with Crippen molar-refractivity contribution in [2.24, 2.45) is 5.73 Å². The van der Waals surface area contributed by atoms with Gasteiger partial charge in [-0.3, -0.25) is 9.59 Å². The first-order valence-electron chi connectivity index (χ1n) is 8.29. The molecule has 138 valence electrons.